The molecule has 0 spiro atoms. The zero-order valence-electron chi connectivity index (χ0n) is 39.2. The minimum Gasteiger partial charge on any atom is -0.462 e. The summed E-state index contributed by atoms with van der Waals surface area (Å²) in [7, 11) is 0. The summed E-state index contributed by atoms with van der Waals surface area (Å²) in [6.07, 6.45) is 60.3. The Hall–Kier alpha value is -3.15. The molecule has 0 fully saturated rings. The zero-order valence-corrected chi connectivity index (χ0v) is 39.2. The number of hydrogen-bond donors (Lipinski definition) is 0. The van der Waals surface area contributed by atoms with Crippen molar-refractivity contribution in [3.8, 4) is 0 Å². The summed E-state index contributed by atoms with van der Waals surface area (Å²) in [6, 6.07) is 0. The second-order valence-corrected chi connectivity index (χ2v) is 16.3. The van der Waals surface area contributed by atoms with Crippen LogP contribution in [-0.2, 0) is 28.6 Å². The Balaban J connectivity index is 4.35. The van der Waals surface area contributed by atoms with Crippen molar-refractivity contribution in [2.45, 2.75) is 239 Å². The molecular weight excluding hydrogens is 745 g/mol. The molecule has 0 aliphatic heterocycles. The zero-order chi connectivity index (χ0) is 43.7. The van der Waals surface area contributed by atoms with E-state index in [0.29, 0.717) is 19.3 Å². The van der Waals surface area contributed by atoms with Gasteiger partial charge in [-0.2, -0.15) is 0 Å². The molecular formula is C54H92O6. The molecule has 0 aromatic carbocycles. The molecule has 0 aromatic rings. The smallest absolute Gasteiger partial charge is 0.306 e. The molecule has 0 radical (unpaired) electrons. The number of unbranched alkanes of at least 4 members (excludes halogenated alkanes) is 21. The summed E-state index contributed by atoms with van der Waals surface area (Å²) in [6.45, 7) is 6.44. The highest BCUT2D eigenvalue weighted by Crippen LogP contribution is 2.13. The van der Waals surface area contributed by atoms with Crippen LogP contribution in [0.15, 0.2) is 72.9 Å². The predicted octanol–water partition coefficient (Wildman–Crippen LogP) is 16.3. The second-order valence-electron chi connectivity index (χ2n) is 16.3. The van der Waals surface area contributed by atoms with Gasteiger partial charge in [0.2, 0.25) is 0 Å². The summed E-state index contributed by atoms with van der Waals surface area (Å²) in [5.74, 6) is -0.922. The lowest BCUT2D eigenvalue weighted by molar-refractivity contribution is -0.167. The molecule has 344 valence electrons. The van der Waals surface area contributed by atoms with E-state index in [0.717, 1.165) is 116 Å². The molecule has 0 bridgehead atoms. The Kier molecular flexibility index (Phi) is 46.0. The molecule has 0 amide bonds. The molecule has 1 unspecified atom stereocenters. The third-order valence-electron chi connectivity index (χ3n) is 10.4. The topological polar surface area (TPSA) is 78.9 Å². The van der Waals surface area contributed by atoms with Gasteiger partial charge >= 0.3 is 17.9 Å². The lowest BCUT2D eigenvalue weighted by Crippen LogP contribution is -2.30. The van der Waals surface area contributed by atoms with Gasteiger partial charge in [-0.3, -0.25) is 14.4 Å². The molecule has 6 nitrogen and oxygen atoms in total. The van der Waals surface area contributed by atoms with Gasteiger partial charge in [-0.25, -0.2) is 0 Å². The molecule has 0 heterocycles. The van der Waals surface area contributed by atoms with Crippen molar-refractivity contribution in [2.75, 3.05) is 13.2 Å². The number of ether oxygens (including phenoxy) is 3. The van der Waals surface area contributed by atoms with Gasteiger partial charge in [0, 0.05) is 19.3 Å². The quantitative estimate of drug-likeness (QED) is 0.0263. The van der Waals surface area contributed by atoms with Crippen LogP contribution in [0.25, 0.3) is 0 Å². The molecule has 6 heteroatoms. The van der Waals surface area contributed by atoms with Crippen molar-refractivity contribution >= 4 is 17.9 Å². The van der Waals surface area contributed by atoms with Gasteiger partial charge in [-0.05, 0) is 89.9 Å². The Labute approximate surface area is 370 Å². The minimum atomic E-state index is -0.786. The molecule has 0 saturated carbocycles. The van der Waals surface area contributed by atoms with Crippen LogP contribution in [0.5, 0.6) is 0 Å². The average molecular weight is 837 g/mol. The van der Waals surface area contributed by atoms with Gasteiger partial charge in [0.15, 0.2) is 6.10 Å². The van der Waals surface area contributed by atoms with Gasteiger partial charge in [0.1, 0.15) is 13.2 Å². The van der Waals surface area contributed by atoms with E-state index in [1.165, 1.54) is 77.0 Å². The third kappa shape index (κ3) is 45.9. The standard InChI is InChI=1S/C54H92O6/c1-4-7-10-13-16-19-21-23-25-26-27-28-30-31-33-35-38-41-44-47-53(56)59-50-51(49-58-52(55)46-43-40-37-18-15-12-9-6-3)60-54(57)48-45-42-39-36-34-32-29-24-22-20-17-14-11-8-5-2/h8,11,16-17,19-20,23-25,27-29,51H,4-7,9-10,12-15,18,21-22,26,30-50H2,1-3H3/b11-8-,19-16-,20-17-,25-23-,28-27-,29-24-. The Morgan fingerprint density at radius 3 is 1.05 bits per heavy atom. The highest BCUT2D eigenvalue weighted by Gasteiger charge is 2.19. The van der Waals surface area contributed by atoms with Crippen LogP contribution in [0.4, 0.5) is 0 Å². The van der Waals surface area contributed by atoms with Crippen molar-refractivity contribution in [2.24, 2.45) is 0 Å². The molecule has 0 aromatic heterocycles. The number of allylic oxidation sites excluding steroid dienone is 12. The lowest BCUT2D eigenvalue weighted by atomic mass is 10.1. The first-order valence-corrected chi connectivity index (χ1v) is 24.9. The van der Waals surface area contributed by atoms with Crippen molar-refractivity contribution in [1.82, 2.24) is 0 Å². The summed E-state index contributed by atoms with van der Waals surface area (Å²) in [5.41, 5.74) is 0. The van der Waals surface area contributed by atoms with Crippen molar-refractivity contribution < 1.29 is 28.6 Å². The molecule has 0 N–H and O–H groups in total. The van der Waals surface area contributed by atoms with E-state index in [9.17, 15) is 14.4 Å². The maximum Gasteiger partial charge on any atom is 0.306 e. The molecule has 60 heavy (non-hydrogen) atoms. The highest BCUT2D eigenvalue weighted by molar-refractivity contribution is 5.71. The first-order chi connectivity index (χ1) is 29.5. The predicted molar refractivity (Wildman–Crippen MR) is 256 cm³/mol. The molecule has 0 rings (SSSR count). The van der Waals surface area contributed by atoms with Crippen LogP contribution in [0.3, 0.4) is 0 Å². The molecule has 0 saturated heterocycles. The fourth-order valence-corrected chi connectivity index (χ4v) is 6.70. The van der Waals surface area contributed by atoms with E-state index in [1.807, 2.05) is 0 Å². The molecule has 1 atom stereocenters. The normalized spacial score (nSPS) is 12.7. The second kappa shape index (κ2) is 48.5. The number of carbonyl (C=O) groups is 3. The first-order valence-electron chi connectivity index (χ1n) is 24.9. The third-order valence-corrected chi connectivity index (χ3v) is 10.4. The number of hydrogen-bond acceptors (Lipinski definition) is 6. The number of carbonyl (C=O) groups excluding carboxylic acids is 3. The fourth-order valence-electron chi connectivity index (χ4n) is 6.70. The van der Waals surface area contributed by atoms with E-state index in [1.54, 1.807) is 0 Å². The summed E-state index contributed by atoms with van der Waals surface area (Å²) < 4.78 is 16.7. The van der Waals surface area contributed by atoms with Crippen LogP contribution >= 0.6 is 0 Å². The van der Waals surface area contributed by atoms with Crippen LogP contribution in [0.2, 0.25) is 0 Å². The van der Waals surface area contributed by atoms with Crippen LogP contribution < -0.4 is 0 Å². The minimum absolute atomic E-state index is 0.0865. The SMILES string of the molecule is CC/C=C\C/C=C\C/C=C\CCCCCCCC(=O)OC(COC(=O)CCCCCCCC/C=C\C/C=C\C/C=C\CCCCC)COC(=O)CCCCCCCCCC. The summed E-state index contributed by atoms with van der Waals surface area (Å²) >= 11 is 0. The lowest BCUT2D eigenvalue weighted by Gasteiger charge is -2.18. The Morgan fingerprint density at radius 2 is 0.650 bits per heavy atom. The van der Waals surface area contributed by atoms with Crippen molar-refractivity contribution in [1.29, 1.82) is 0 Å². The Morgan fingerprint density at radius 1 is 0.350 bits per heavy atom. The van der Waals surface area contributed by atoms with E-state index < -0.39 is 6.10 Å². The van der Waals surface area contributed by atoms with Gasteiger partial charge in [0.25, 0.3) is 0 Å². The van der Waals surface area contributed by atoms with Crippen LogP contribution in [0.1, 0.15) is 233 Å². The average Bonchev–Trinajstić information content (AvgIpc) is 3.24. The molecule has 0 aliphatic carbocycles. The fraction of sp³-hybridized carbons (Fsp3) is 0.722. The maximum absolute atomic E-state index is 12.7. The van der Waals surface area contributed by atoms with Crippen LogP contribution in [-0.4, -0.2) is 37.2 Å². The van der Waals surface area contributed by atoms with E-state index in [2.05, 4.69) is 93.7 Å². The van der Waals surface area contributed by atoms with Crippen LogP contribution in [0, 0.1) is 0 Å². The number of esters is 3. The Bertz CT molecular complexity index is 1140. The van der Waals surface area contributed by atoms with Gasteiger partial charge in [0.05, 0.1) is 0 Å². The van der Waals surface area contributed by atoms with Gasteiger partial charge in [-0.1, -0.05) is 196 Å². The summed E-state index contributed by atoms with van der Waals surface area (Å²) in [4.78, 5) is 37.8. The monoisotopic (exact) mass is 837 g/mol. The van der Waals surface area contributed by atoms with Gasteiger partial charge < -0.3 is 14.2 Å². The molecule has 0 aliphatic rings. The van der Waals surface area contributed by atoms with Crippen molar-refractivity contribution in [3.63, 3.8) is 0 Å². The number of rotatable bonds is 44. The van der Waals surface area contributed by atoms with E-state index >= 15 is 0 Å². The van der Waals surface area contributed by atoms with E-state index in [-0.39, 0.29) is 31.1 Å². The summed E-state index contributed by atoms with van der Waals surface area (Å²) in [5, 5.41) is 0. The largest absolute Gasteiger partial charge is 0.462 e. The highest BCUT2D eigenvalue weighted by atomic mass is 16.6. The van der Waals surface area contributed by atoms with Crippen molar-refractivity contribution in [3.05, 3.63) is 72.9 Å². The van der Waals surface area contributed by atoms with E-state index in [4.69, 9.17) is 14.2 Å². The maximum atomic E-state index is 12.7. The van der Waals surface area contributed by atoms with Gasteiger partial charge in [-0.15, -0.1) is 0 Å². The first kappa shape index (κ1) is 56.9.